The van der Waals surface area contributed by atoms with Crippen LogP contribution in [0.4, 0.5) is 5.69 Å². The quantitative estimate of drug-likeness (QED) is 0.488. The van der Waals surface area contributed by atoms with Crippen molar-refractivity contribution in [3.05, 3.63) is 33.4 Å². The zero-order valence-electron chi connectivity index (χ0n) is 12.5. The summed E-state index contributed by atoms with van der Waals surface area (Å²) >= 11 is 0. The van der Waals surface area contributed by atoms with Crippen molar-refractivity contribution in [2.75, 3.05) is 6.54 Å². The lowest BCUT2D eigenvalue weighted by Crippen LogP contribution is -2.38. The van der Waals surface area contributed by atoms with Crippen molar-refractivity contribution >= 4 is 21.6 Å². The van der Waals surface area contributed by atoms with Crippen molar-refractivity contribution in [1.29, 1.82) is 0 Å². The second-order valence-corrected chi connectivity index (χ2v) is 7.19. The largest absolute Gasteiger partial charge is 0.350 e. The van der Waals surface area contributed by atoms with Crippen LogP contribution in [0.3, 0.4) is 0 Å². The van der Waals surface area contributed by atoms with Crippen LogP contribution in [0.25, 0.3) is 0 Å². The van der Waals surface area contributed by atoms with Crippen LogP contribution in [0.15, 0.2) is 17.0 Å². The van der Waals surface area contributed by atoms with Gasteiger partial charge in [0.05, 0.1) is 15.4 Å². The van der Waals surface area contributed by atoms with Crippen molar-refractivity contribution in [3.63, 3.8) is 0 Å². The monoisotopic (exact) mass is 342 g/mol. The van der Waals surface area contributed by atoms with Crippen LogP contribution in [0.5, 0.6) is 0 Å². The van der Waals surface area contributed by atoms with E-state index in [4.69, 9.17) is 10.9 Å². The molecule has 1 aromatic carbocycles. The molecule has 9 nitrogen and oxygen atoms in total. The zero-order valence-corrected chi connectivity index (χ0v) is 13.3. The van der Waals surface area contributed by atoms with Gasteiger partial charge in [0.1, 0.15) is 0 Å². The molecule has 23 heavy (non-hydrogen) atoms. The van der Waals surface area contributed by atoms with Gasteiger partial charge in [-0.3, -0.25) is 14.9 Å². The highest BCUT2D eigenvalue weighted by Crippen LogP contribution is 2.31. The van der Waals surface area contributed by atoms with Crippen LogP contribution in [-0.2, 0) is 10.0 Å². The van der Waals surface area contributed by atoms with Crippen molar-refractivity contribution in [2.24, 2.45) is 16.8 Å². The lowest BCUT2D eigenvalue weighted by molar-refractivity contribution is -0.385. The summed E-state index contributed by atoms with van der Waals surface area (Å²) in [6.45, 7) is 1.59. The van der Waals surface area contributed by atoms with Gasteiger partial charge in [0, 0.05) is 24.2 Å². The van der Waals surface area contributed by atoms with Gasteiger partial charge in [-0.25, -0.2) is 13.6 Å². The van der Waals surface area contributed by atoms with Crippen LogP contribution >= 0.6 is 0 Å². The number of hydrogen-bond donors (Lipinski definition) is 3. The number of carbonyl (C=O) groups excluding carboxylic acids is 1. The van der Waals surface area contributed by atoms with Crippen LogP contribution in [-0.4, -0.2) is 31.8 Å². The minimum Gasteiger partial charge on any atom is -0.350 e. The number of hydrogen-bond acceptors (Lipinski definition) is 6. The third-order valence-electron chi connectivity index (χ3n) is 3.85. The van der Waals surface area contributed by atoms with E-state index >= 15 is 0 Å². The highest BCUT2D eigenvalue weighted by molar-refractivity contribution is 7.89. The van der Waals surface area contributed by atoms with Crippen molar-refractivity contribution in [3.8, 4) is 0 Å². The first-order chi connectivity index (χ1) is 10.6. The molecule has 10 heteroatoms. The fourth-order valence-corrected chi connectivity index (χ4v) is 2.82. The first kappa shape index (κ1) is 17.3. The van der Waals surface area contributed by atoms with Gasteiger partial charge >= 0.3 is 0 Å². The Kier molecular flexibility index (Phi) is 4.68. The lowest BCUT2D eigenvalue weighted by Gasteiger charge is -2.13. The molecule has 0 saturated heterocycles. The number of primary sulfonamides is 1. The Morgan fingerprint density at radius 2 is 2.09 bits per heavy atom. The molecule has 0 aromatic heterocycles. The fourth-order valence-electron chi connectivity index (χ4n) is 2.26. The first-order valence-electron chi connectivity index (χ1n) is 6.97. The van der Waals surface area contributed by atoms with E-state index in [2.05, 4.69) is 5.32 Å². The fraction of sp³-hybridized carbons (Fsp3) is 0.462. The van der Waals surface area contributed by atoms with E-state index in [1.807, 2.05) is 0 Å². The van der Waals surface area contributed by atoms with E-state index < -0.39 is 31.4 Å². The molecule has 1 fully saturated rings. The molecular weight excluding hydrogens is 324 g/mol. The number of sulfonamides is 1. The molecule has 1 saturated carbocycles. The highest BCUT2D eigenvalue weighted by Gasteiger charge is 2.29. The molecule has 0 aliphatic heterocycles. The van der Waals surface area contributed by atoms with E-state index in [1.54, 1.807) is 0 Å². The Labute approximate surface area is 133 Å². The standard InChI is InChI=1S/C13H18N4O5S/c1-7-10(13(18)16-6-11(14)8-2-3-8)4-9(23(15,21)22)5-12(7)17(19)20/h4-5,8,11H,2-3,6,14H2,1H3,(H,16,18)(H2,15,21,22). The summed E-state index contributed by atoms with van der Waals surface area (Å²) in [7, 11) is -4.18. The molecule has 1 aliphatic carbocycles. The Morgan fingerprint density at radius 1 is 1.48 bits per heavy atom. The van der Waals surface area contributed by atoms with Gasteiger partial charge in [0.2, 0.25) is 10.0 Å². The maximum Gasteiger partial charge on any atom is 0.274 e. The lowest BCUT2D eigenvalue weighted by atomic mass is 10.1. The van der Waals surface area contributed by atoms with Crippen LogP contribution < -0.4 is 16.2 Å². The number of benzene rings is 1. The maximum atomic E-state index is 12.2. The van der Waals surface area contributed by atoms with Crippen LogP contribution in [0.2, 0.25) is 0 Å². The second-order valence-electron chi connectivity index (χ2n) is 5.63. The first-order valence-corrected chi connectivity index (χ1v) is 8.51. The average Bonchev–Trinajstić information content (AvgIpc) is 3.27. The number of nitro benzene ring substituents is 1. The Hall–Kier alpha value is -2.04. The number of nitro groups is 1. The molecule has 0 bridgehead atoms. The van der Waals surface area contributed by atoms with E-state index in [0.717, 1.165) is 25.0 Å². The third-order valence-corrected chi connectivity index (χ3v) is 4.74. The normalized spacial score (nSPS) is 16.0. The summed E-state index contributed by atoms with van der Waals surface area (Å²) in [5, 5.41) is 18.7. The number of nitrogens with zero attached hydrogens (tertiary/aromatic N) is 1. The summed E-state index contributed by atoms with van der Waals surface area (Å²) in [5.41, 5.74) is 5.37. The van der Waals surface area contributed by atoms with Crippen LogP contribution in [0.1, 0.15) is 28.8 Å². The Bertz CT molecular complexity index is 758. The van der Waals surface area contributed by atoms with Crippen molar-refractivity contribution in [2.45, 2.75) is 30.7 Å². The highest BCUT2D eigenvalue weighted by atomic mass is 32.2. The van der Waals surface area contributed by atoms with Crippen LogP contribution in [0, 0.1) is 23.0 Å². The predicted molar refractivity (Wildman–Crippen MR) is 82.2 cm³/mol. The van der Waals surface area contributed by atoms with E-state index in [9.17, 15) is 23.3 Å². The van der Waals surface area contributed by atoms with E-state index in [1.165, 1.54) is 6.92 Å². The molecule has 1 amide bonds. The zero-order chi connectivity index (χ0) is 17.4. The van der Waals surface area contributed by atoms with Crippen molar-refractivity contribution in [1.82, 2.24) is 5.32 Å². The number of nitrogens with two attached hydrogens (primary N) is 2. The Balaban J connectivity index is 2.33. The number of amides is 1. The molecule has 5 N–H and O–H groups in total. The predicted octanol–water partition coefficient (Wildman–Crippen LogP) is 0.0177. The molecule has 2 rings (SSSR count). The topological polar surface area (TPSA) is 158 Å². The summed E-state index contributed by atoms with van der Waals surface area (Å²) in [6.07, 6.45) is 2.03. The molecule has 0 spiro atoms. The second kappa shape index (κ2) is 6.22. The summed E-state index contributed by atoms with van der Waals surface area (Å²) in [6, 6.07) is 1.70. The van der Waals surface area contributed by atoms with Gasteiger partial charge in [0.25, 0.3) is 11.6 Å². The SMILES string of the molecule is Cc1c(C(=O)NCC(N)C2CC2)cc(S(N)(=O)=O)cc1[N+](=O)[O-]. The summed E-state index contributed by atoms with van der Waals surface area (Å²) in [5.74, 6) is -0.242. The molecule has 0 heterocycles. The number of rotatable bonds is 6. The van der Waals surface area contributed by atoms with Gasteiger partial charge < -0.3 is 11.1 Å². The number of nitrogens with one attached hydrogen (secondary N) is 1. The van der Waals surface area contributed by atoms with Gasteiger partial charge in [-0.15, -0.1) is 0 Å². The molecule has 1 aromatic rings. The Morgan fingerprint density at radius 3 is 2.57 bits per heavy atom. The smallest absolute Gasteiger partial charge is 0.274 e. The molecule has 1 aliphatic rings. The molecular formula is C13H18N4O5S. The maximum absolute atomic E-state index is 12.2. The molecule has 0 radical (unpaired) electrons. The number of carbonyl (C=O) groups is 1. The summed E-state index contributed by atoms with van der Waals surface area (Å²) in [4.78, 5) is 22.1. The van der Waals surface area contributed by atoms with E-state index in [-0.39, 0.29) is 23.7 Å². The summed E-state index contributed by atoms with van der Waals surface area (Å²) < 4.78 is 22.9. The molecule has 1 atom stereocenters. The molecule has 1 unspecified atom stereocenters. The van der Waals surface area contributed by atoms with Gasteiger partial charge in [-0.2, -0.15) is 0 Å². The average molecular weight is 342 g/mol. The van der Waals surface area contributed by atoms with Crippen molar-refractivity contribution < 1.29 is 18.1 Å². The van der Waals surface area contributed by atoms with Gasteiger partial charge in [0.15, 0.2) is 0 Å². The third kappa shape index (κ3) is 4.03. The molecule has 126 valence electrons. The van der Waals surface area contributed by atoms with Gasteiger partial charge in [-0.05, 0) is 31.7 Å². The van der Waals surface area contributed by atoms with E-state index in [0.29, 0.717) is 5.92 Å². The minimum absolute atomic E-state index is 0.0693. The minimum atomic E-state index is -4.18. The van der Waals surface area contributed by atoms with Gasteiger partial charge in [-0.1, -0.05) is 0 Å².